The number of carbonyl (C=O) groups excluding carboxylic acids is 2. The van der Waals surface area contributed by atoms with Crippen molar-refractivity contribution in [1.29, 1.82) is 0 Å². The highest BCUT2D eigenvalue weighted by Crippen LogP contribution is 2.42. The second-order valence-corrected chi connectivity index (χ2v) is 8.71. The summed E-state index contributed by atoms with van der Waals surface area (Å²) in [5.74, 6) is 2.74. The summed E-state index contributed by atoms with van der Waals surface area (Å²) in [6.07, 6.45) is 16.2. The molecule has 2 saturated carbocycles. The summed E-state index contributed by atoms with van der Waals surface area (Å²) < 4.78 is 5.08. The number of rotatable bonds is 10. The molecule has 0 heterocycles. The van der Waals surface area contributed by atoms with Gasteiger partial charge in [0.15, 0.2) is 0 Å². The zero-order valence-electron chi connectivity index (χ0n) is 18.3. The lowest BCUT2D eigenvalue weighted by atomic mass is 9.68. The molecule has 0 saturated heterocycles. The van der Waals surface area contributed by atoms with Gasteiger partial charge >= 0.3 is 5.97 Å². The molecule has 0 aromatic heterocycles. The van der Waals surface area contributed by atoms with Crippen LogP contribution in [-0.4, -0.2) is 42.3 Å². The van der Waals surface area contributed by atoms with E-state index in [1.807, 2.05) is 0 Å². The molecule has 2 rings (SSSR count). The van der Waals surface area contributed by atoms with Gasteiger partial charge in [0.05, 0.1) is 19.1 Å². The van der Waals surface area contributed by atoms with E-state index in [9.17, 15) is 9.59 Å². The zero-order chi connectivity index (χ0) is 21.5. The molecule has 0 radical (unpaired) electrons. The maximum Gasteiger partial charge on any atom is 0.309 e. The van der Waals surface area contributed by atoms with Crippen LogP contribution < -0.4 is 0 Å². The summed E-state index contributed by atoms with van der Waals surface area (Å²) >= 11 is 0. The molecule has 168 valence electrons. The molecule has 5 nitrogen and oxygen atoms in total. The van der Waals surface area contributed by atoms with Gasteiger partial charge in [-0.2, -0.15) is 0 Å². The molecule has 0 spiro atoms. The third-order valence-electron chi connectivity index (χ3n) is 6.58. The predicted octanol–water partition coefficient (Wildman–Crippen LogP) is 4.45. The van der Waals surface area contributed by atoms with Crippen molar-refractivity contribution in [3.63, 3.8) is 0 Å². The first kappa shape index (κ1) is 25.8. The van der Waals surface area contributed by atoms with Gasteiger partial charge in [0.1, 0.15) is 12.9 Å². The summed E-state index contributed by atoms with van der Waals surface area (Å²) in [5, 5.41) is 16.7. The SMILES string of the molecule is C=C(C=O)CO.CCCCCC1CCC(C2CCC(C(=O)OCCO)CC2)CC1. The summed E-state index contributed by atoms with van der Waals surface area (Å²) in [4.78, 5) is 21.4. The first-order chi connectivity index (χ1) is 14.0. The molecule has 5 heteroatoms. The number of carbonyl (C=O) groups is 2. The normalized spacial score (nSPS) is 26.7. The van der Waals surface area contributed by atoms with Crippen molar-refractivity contribution in [2.45, 2.75) is 84.0 Å². The Kier molecular flexibility index (Phi) is 13.9. The molecule has 0 amide bonds. The van der Waals surface area contributed by atoms with Crippen LogP contribution in [0.4, 0.5) is 0 Å². The molecule has 0 aliphatic heterocycles. The van der Waals surface area contributed by atoms with Gasteiger partial charge in [0, 0.05) is 5.57 Å². The molecule has 0 bridgehead atoms. The Bertz CT molecular complexity index is 460. The molecular weight excluding hydrogens is 368 g/mol. The van der Waals surface area contributed by atoms with Crippen LogP contribution in [0.2, 0.25) is 0 Å². The minimum atomic E-state index is -0.233. The summed E-state index contributed by atoms with van der Waals surface area (Å²) in [5.41, 5.74) is 0.218. The van der Waals surface area contributed by atoms with Gasteiger partial charge in [0.2, 0.25) is 0 Å². The van der Waals surface area contributed by atoms with Crippen LogP contribution in [0.1, 0.15) is 84.0 Å². The summed E-state index contributed by atoms with van der Waals surface area (Å²) in [6.45, 7) is 5.31. The van der Waals surface area contributed by atoms with Crippen molar-refractivity contribution in [3.8, 4) is 0 Å². The lowest BCUT2D eigenvalue weighted by molar-refractivity contribution is -0.151. The number of ether oxygens (including phenoxy) is 1. The molecule has 0 aromatic rings. The number of hydrogen-bond donors (Lipinski definition) is 2. The first-order valence-corrected chi connectivity index (χ1v) is 11.6. The lowest BCUT2D eigenvalue weighted by Crippen LogP contribution is -2.29. The number of esters is 1. The Morgan fingerprint density at radius 2 is 1.59 bits per heavy atom. The van der Waals surface area contributed by atoms with Gasteiger partial charge in [-0.1, -0.05) is 52.0 Å². The van der Waals surface area contributed by atoms with Gasteiger partial charge in [-0.3, -0.25) is 9.59 Å². The lowest BCUT2D eigenvalue weighted by Gasteiger charge is -2.37. The van der Waals surface area contributed by atoms with Crippen LogP contribution in [0.15, 0.2) is 12.2 Å². The fraction of sp³-hybridized carbons (Fsp3) is 0.833. The number of aliphatic hydroxyl groups is 2. The largest absolute Gasteiger partial charge is 0.463 e. The Hall–Kier alpha value is -1.20. The minimum absolute atomic E-state index is 0.0669. The molecule has 29 heavy (non-hydrogen) atoms. The van der Waals surface area contributed by atoms with Crippen molar-refractivity contribution in [2.24, 2.45) is 23.7 Å². The molecule has 2 N–H and O–H groups in total. The van der Waals surface area contributed by atoms with E-state index in [1.165, 1.54) is 64.2 Å². The standard InChI is InChI=1S/C20H36O3.C4H6O2/c1-2-3-4-5-16-6-8-17(9-7-16)18-10-12-19(13-11-18)20(22)23-15-14-21;1-4(2-5)3-6/h16-19,21H,2-15H2,1H3;2,6H,1,3H2. The highest BCUT2D eigenvalue weighted by molar-refractivity contribution is 5.72. The van der Waals surface area contributed by atoms with Gasteiger partial charge in [-0.15, -0.1) is 0 Å². The molecular formula is C24H42O5. The van der Waals surface area contributed by atoms with Crippen LogP contribution in [0.3, 0.4) is 0 Å². The van der Waals surface area contributed by atoms with E-state index >= 15 is 0 Å². The van der Waals surface area contributed by atoms with Crippen LogP contribution in [0, 0.1) is 23.7 Å². The van der Waals surface area contributed by atoms with Crippen LogP contribution in [0.25, 0.3) is 0 Å². The summed E-state index contributed by atoms with van der Waals surface area (Å²) in [7, 11) is 0. The minimum Gasteiger partial charge on any atom is -0.463 e. The van der Waals surface area contributed by atoms with E-state index in [0.717, 1.165) is 30.6 Å². The van der Waals surface area contributed by atoms with Crippen molar-refractivity contribution in [2.75, 3.05) is 19.8 Å². The van der Waals surface area contributed by atoms with E-state index in [4.69, 9.17) is 14.9 Å². The molecule has 0 atom stereocenters. The van der Waals surface area contributed by atoms with Gasteiger partial charge in [0.25, 0.3) is 0 Å². The third kappa shape index (κ3) is 10.4. The van der Waals surface area contributed by atoms with E-state index in [2.05, 4.69) is 13.5 Å². The topological polar surface area (TPSA) is 83.8 Å². The molecule has 0 unspecified atom stereocenters. The van der Waals surface area contributed by atoms with Crippen LogP contribution in [-0.2, 0) is 14.3 Å². The zero-order valence-corrected chi connectivity index (χ0v) is 18.3. The Balaban J connectivity index is 0.000000612. The monoisotopic (exact) mass is 410 g/mol. The highest BCUT2D eigenvalue weighted by atomic mass is 16.5. The van der Waals surface area contributed by atoms with Crippen LogP contribution >= 0.6 is 0 Å². The van der Waals surface area contributed by atoms with Gasteiger partial charge in [-0.05, 0) is 56.3 Å². The fourth-order valence-electron chi connectivity index (χ4n) is 4.76. The van der Waals surface area contributed by atoms with Crippen molar-refractivity contribution >= 4 is 12.3 Å². The Labute approximate surface area is 176 Å². The molecule has 2 aliphatic carbocycles. The van der Waals surface area contributed by atoms with Crippen molar-refractivity contribution in [3.05, 3.63) is 12.2 Å². The van der Waals surface area contributed by atoms with Crippen molar-refractivity contribution in [1.82, 2.24) is 0 Å². The predicted molar refractivity (Wildman–Crippen MR) is 115 cm³/mol. The van der Waals surface area contributed by atoms with Crippen LogP contribution in [0.5, 0.6) is 0 Å². The summed E-state index contributed by atoms with van der Waals surface area (Å²) in [6, 6.07) is 0. The van der Waals surface area contributed by atoms with E-state index < -0.39 is 0 Å². The molecule has 0 aromatic carbocycles. The quantitative estimate of drug-likeness (QED) is 0.241. The van der Waals surface area contributed by atoms with Gasteiger partial charge in [-0.25, -0.2) is 0 Å². The van der Waals surface area contributed by atoms with Crippen molar-refractivity contribution < 1.29 is 24.5 Å². The number of aldehydes is 1. The second kappa shape index (κ2) is 15.6. The molecule has 2 fully saturated rings. The number of hydrogen-bond acceptors (Lipinski definition) is 5. The third-order valence-corrected chi connectivity index (χ3v) is 6.58. The van der Waals surface area contributed by atoms with Gasteiger partial charge < -0.3 is 14.9 Å². The maximum atomic E-state index is 11.9. The second-order valence-electron chi connectivity index (χ2n) is 8.71. The number of aliphatic hydroxyl groups excluding tert-OH is 2. The van der Waals surface area contributed by atoms with E-state index in [-0.39, 0.29) is 37.3 Å². The highest BCUT2D eigenvalue weighted by Gasteiger charge is 2.33. The Morgan fingerprint density at radius 3 is 2.03 bits per heavy atom. The average molecular weight is 411 g/mol. The maximum absolute atomic E-state index is 11.9. The van der Waals surface area contributed by atoms with E-state index in [0.29, 0.717) is 6.29 Å². The fourth-order valence-corrected chi connectivity index (χ4v) is 4.76. The average Bonchev–Trinajstić information content (AvgIpc) is 2.78. The van der Waals surface area contributed by atoms with E-state index in [1.54, 1.807) is 0 Å². The Morgan fingerprint density at radius 1 is 1.00 bits per heavy atom. The smallest absolute Gasteiger partial charge is 0.309 e. The number of unbranched alkanes of at least 4 members (excludes halogenated alkanes) is 2. The molecule has 2 aliphatic rings. The first-order valence-electron chi connectivity index (χ1n) is 11.6.